The van der Waals surface area contributed by atoms with Crippen LogP contribution < -0.4 is 11.1 Å². The highest BCUT2D eigenvalue weighted by Gasteiger charge is 2.23. The molecule has 0 heterocycles. The van der Waals surface area contributed by atoms with Gasteiger partial charge in [0.2, 0.25) is 0 Å². The van der Waals surface area contributed by atoms with Crippen molar-refractivity contribution < 1.29 is 0 Å². The number of anilines is 2. The van der Waals surface area contributed by atoms with E-state index in [4.69, 9.17) is 11.0 Å². The summed E-state index contributed by atoms with van der Waals surface area (Å²) in [7, 11) is 0. The van der Waals surface area contributed by atoms with Crippen molar-refractivity contribution in [2.45, 2.75) is 45.6 Å². The Balaban J connectivity index is 2.06. The van der Waals surface area contributed by atoms with E-state index in [1.54, 1.807) is 0 Å². The summed E-state index contributed by atoms with van der Waals surface area (Å²) in [5.74, 6) is 1.57. The van der Waals surface area contributed by atoms with E-state index in [0.29, 0.717) is 18.2 Å². The number of hydrogen-bond acceptors (Lipinski definition) is 3. The third-order valence-electron chi connectivity index (χ3n) is 3.96. The highest BCUT2D eigenvalue weighted by Crippen LogP contribution is 2.31. The van der Waals surface area contributed by atoms with Crippen LogP contribution in [-0.2, 0) is 6.42 Å². The molecule has 2 atom stereocenters. The van der Waals surface area contributed by atoms with E-state index in [9.17, 15) is 0 Å². The molecule has 1 aromatic carbocycles. The number of rotatable bonds is 3. The molecule has 2 rings (SSSR count). The topological polar surface area (TPSA) is 61.8 Å². The molecule has 0 amide bonds. The zero-order valence-corrected chi connectivity index (χ0v) is 11.8. The van der Waals surface area contributed by atoms with Crippen molar-refractivity contribution >= 4 is 11.4 Å². The minimum Gasteiger partial charge on any atom is -0.398 e. The van der Waals surface area contributed by atoms with Gasteiger partial charge in [0.15, 0.2) is 0 Å². The molecule has 1 aliphatic carbocycles. The predicted molar refractivity (Wildman–Crippen MR) is 79.8 cm³/mol. The molecule has 0 radical (unpaired) electrons. The van der Waals surface area contributed by atoms with Gasteiger partial charge in [0.25, 0.3) is 0 Å². The molecule has 0 aromatic heterocycles. The molecule has 0 saturated heterocycles. The Labute approximate surface area is 115 Å². The second kappa shape index (κ2) is 5.97. The predicted octanol–water partition coefficient (Wildman–Crippen LogP) is 3.57. The molecular formula is C16H23N3. The third-order valence-corrected chi connectivity index (χ3v) is 3.96. The maximum Gasteiger partial charge on any atom is 0.0670 e. The summed E-state index contributed by atoms with van der Waals surface area (Å²) in [6.45, 7) is 4.66. The molecule has 19 heavy (non-hydrogen) atoms. The second-order valence-electron chi connectivity index (χ2n) is 6.01. The van der Waals surface area contributed by atoms with Crippen LogP contribution in [0.4, 0.5) is 11.4 Å². The van der Waals surface area contributed by atoms with Gasteiger partial charge in [0.05, 0.1) is 12.5 Å². The van der Waals surface area contributed by atoms with Crippen LogP contribution in [0.1, 0.15) is 38.7 Å². The molecule has 2 unspecified atom stereocenters. The third kappa shape index (κ3) is 3.64. The maximum absolute atomic E-state index is 8.80. The molecule has 1 aliphatic rings. The summed E-state index contributed by atoms with van der Waals surface area (Å²) < 4.78 is 0. The molecule has 1 saturated carbocycles. The summed E-state index contributed by atoms with van der Waals surface area (Å²) in [5, 5.41) is 12.4. The molecular weight excluding hydrogens is 234 g/mol. The number of nitrogens with two attached hydrogens (primary N) is 1. The number of benzene rings is 1. The number of nitrogen functional groups attached to an aromatic ring is 1. The van der Waals surface area contributed by atoms with Crippen molar-refractivity contribution in [2.75, 3.05) is 11.1 Å². The van der Waals surface area contributed by atoms with Crippen molar-refractivity contribution in [2.24, 2.45) is 11.8 Å². The van der Waals surface area contributed by atoms with E-state index in [-0.39, 0.29) is 0 Å². The Kier molecular flexibility index (Phi) is 4.31. The average molecular weight is 257 g/mol. The minimum absolute atomic E-state index is 0.374. The maximum atomic E-state index is 8.80. The Morgan fingerprint density at radius 1 is 1.26 bits per heavy atom. The summed E-state index contributed by atoms with van der Waals surface area (Å²) in [4.78, 5) is 0. The van der Waals surface area contributed by atoms with Gasteiger partial charge < -0.3 is 11.1 Å². The lowest BCUT2D eigenvalue weighted by Gasteiger charge is -2.32. The van der Waals surface area contributed by atoms with Gasteiger partial charge in [-0.25, -0.2) is 0 Å². The summed E-state index contributed by atoms with van der Waals surface area (Å²) in [6, 6.07) is 8.63. The highest BCUT2D eigenvalue weighted by molar-refractivity contribution is 5.58. The van der Waals surface area contributed by atoms with E-state index in [1.165, 1.54) is 19.3 Å². The molecule has 0 aliphatic heterocycles. The summed E-state index contributed by atoms with van der Waals surface area (Å²) >= 11 is 0. The Bertz CT molecular complexity index is 465. The fraction of sp³-hybridized carbons (Fsp3) is 0.562. The lowest BCUT2D eigenvalue weighted by molar-refractivity contribution is 0.281. The Hall–Kier alpha value is -1.69. The van der Waals surface area contributed by atoms with Gasteiger partial charge >= 0.3 is 0 Å². The van der Waals surface area contributed by atoms with E-state index in [0.717, 1.165) is 23.1 Å². The van der Waals surface area contributed by atoms with Gasteiger partial charge in [0.1, 0.15) is 0 Å². The zero-order chi connectivity index (χ0) is 13.8. The van der Waals surface area contributed by atoms with Crippen molar-refractivity contribution in [3.8, 4) is 6.07 Å². The Morgan fingerprint density at radius 3 is 2.58 bits per heavy atom. The molecule has 102 valence electrons. The number of nitriles is 1. The quantitative estimate of drug-likeness (QED) is 0.814. The van der Waals surface area contributed by atoms with Crippen LogP contribution in [0.5, 0.6) is 0 Å². The number of nitrogens with zero attached hydrogens (tertiary/aromatic N) is 1. The molecule has 1 fully saturated rings. The van der Waals surface area contributed by atoms with Crippen molar-refractivity contribution in [1.29, 1.82) is 5.26 Å². The number of hydrogen-bond donors (Lipinski definition) is 2. The monoisotopic (exact) mass is 257 g/mol. The summed E-state index contributed by atoms with van der Waals surface area (Å²) in [5.41, 5.74) is 8.59. The fourth-order valence-electron chi connectivity index (χ4n) is 3.23. The molecule has 1 aromatic rings. The fourth-order valence-corrected chi connectivity index (χ4v) is 3.23. The first-order chi connectivity index (χ1) is 9.08. The van der Waals surface area contributed by atoms with Crippen LogP contribution in [0.25, 0.3) is 0 Å². The van der Waals surface area contributed by atoms with Crippen LogP contribution in [0.3, 0.4) is 0 Å². The van der Waals surface area contributed by atoms with Gasteiger partial charge in [-0.1, -0.05) is 13.8 Å². The molecule has 3 nitrogen and oxygen atoms in total. The molecule has 0 bridgehead atoms. The number of nitrogens with one attached hydrogen (secondary N) is 1. The van der Waals surface area contributed by atoms with Crippen LogP contribution in [-0.4, -0.2) is 6.04 Å². The second-order valence-corrected chi connectivity index (χ2v) is 6.01. The lowest BCUT2D eigenvalue weighted by Crippen LogP contribution is -2.30. The van der Waals surface area contributed by atoms with E-state index in [2.05, 4.69) is 25.2 Å². The first kappa shape index (κ1) is 13.7. The van der Waals surface area contributed by atoms with Crippen LogP contribution >= 0.6 is 0 Å². The first-order valence-electron chi connectivity index (χ1n) is 7.10. The van der Waals surface area contributed by atoms with Gasteiger partial charge in [-0.3, -0.25) is 0 Å². The van der Waals surface area contributed by atoms with Crippen LogP contribution in [0.2, 0.25) is 0 Å². The SMILES string of the molecule is CC1CC(C)CC(Nc2ccc(N)c(CC#N)c2)C1. The minimum atomic E-state index is 0.374. The molecule has 3 N–H and O–H groups in total. The molecule has 3 heteroatoms. The Morgan fingerprint density at radius 2 is 1.95 bits per heavy atom. The summed E-state index contributed by atoms with van der Waals surface area (Å²) in [6.07, 6.45) is 4.16. The van der Waals surface area contributed by atoms with Gasteiger partial charge in [-0.05, 0) is 54.9 Å². The average Bonchev–Trinajstić information content (AvgIpc) is 2.32. The van der Waals surface area contributed by atoms with Crippen LogP contribution in [0.15, 0.2) is 18.2 Å². The lowest BCUT2D eigenvalue weighted by atomic mass is 9.80. The van der Waals surface area contributed by atoms with Crippen molar-refractivity contribution in [3.05, 3.63) is 23.8 Å². The van der Waals surface area contributed by atoms with Crippen molar-refractivity contribution in [3.63, 3.8) is 0 Å². The smallest absolute Gasteiger partial charge is 0.0670 e. The zero-order valence-electron chi connectivity index (χ0n) is 11.8. The normalized spacial score (nSPS) is 26.7. The van der Waals surface area contributed by atoms with E-state index < -0.39 is 0 Å². The van der Waals surface area contributed by atoms with E-state index >= 15 is 0 Å². The largest absolute Gasteiger partial charge is 0.398 e. The first-order valence-corrected chi connectivity index (χ1v) is 7.10. The van der Waals surface area contributed by atoms with Gasteiger partial charge in [-0.15, -0.1) is 0 Å². The van der Waals surface area contributed by atoms with Gasteiger partial charge in [0, 0.05) is 17.4 Å². The highest BCUT2D eigenvalue weighted by atomic mass is 14.9. The van der Waals surface area contributed by atoms with Crippen LogP contribution in [0, 0.1) is 23.2 Å². The molecule has 0 spiro atoms. The standard InChI is InChI=1S/C16H23N3/c1-11-7-12(2)9-15(8-11)19-14-3-4-16(18)13(10-14)5-6-17/h3-4,10-12,15,19H,5,7-9,18H2,1-2H3. The van der Waals surface area contributed by atoms with E-state index in [1.807, 2.05) is 18.2 Å². The van der Waals surface area contributed by atoms with Crippen molar-refractivity contribution in [1.82, 2.24) is 0 Å². The van der Waals surface area contributed by atoms with Gasteiger partial charge in [-0.2, -0.15) is 5.26 Å².